The fourth-order valence-corrected chi connectivity index (χ4v) is 3.82. The molecule has 0 saturated carbocycles. The van der Waals surface area contributed by atoms with Crippen molar-refractivity contribution in [3.8, 4) is 0 Å². The number of fused-ring (bicyclic) bond motifs is 1. The number of benzene rings is 1. The fraction of sp³-hybridized carbons (Fsp3) is 0.368. The molecule has 0 bridgehead atoms. The Labute approximate surface area is 158 Å². The molecule has 0 aliphatic carbocycles. The fourth-order valence-electron chi connectivity index (χ4n) is 3.54. The van der Waals surface area contributed by atoms with E-state index in [1.165, 1.54) is 11.3 Å². The SMILES string of the molecule is CC1=C(N2CCNCC2)C(NCc2cc(Cl)c3nccnc3c2)=CNC1. The Hall–Kier alpha value is -2.31. The first-order chi connectivity index (χ1) is 12.7. The topological polar surface area (TPSA) is 65.1 Å². The number of dihydropyridines is 1. The van der Waals surface area contributed by atoms with Gasteiger partial charge in [-0.2, -0.15) is 0 Å². The average molecular weight is 371 g/mol. The largest absolute Gasteiger partial charge is 0.385 e. The van der Waals surface area contributed by atoms with Gasteiger partial charge in [0, 0.05) is 57.9 Å². The number of hydrogen-bond acceptors (Lipinski definition) is 6. The van der Waals surface area contributed by atoms with Crippen LogP contribution in [0.5, 0.6) is 0 Å². The van der Waals surface area contributed by atoms with Crippen LogP contribution in [-0.4, -0.2) is 47.6 Å². The van der Waals surface area contributed by atoms with E-state index >= 15 is 0 Å². The molecule has 3 heterocycles. The van der Waals surface area contributed by atoms with Gasteiger partial charge in [0.2, 0.25) is 0 Å². The molecule has 0 spiro atoms. The van der Waals surface area contributed by atoms with E-state index in [0.717, 1.165) is 55.0 Å². The molecule has 2 aliphatic rings. The molecule has 7 heteroatoms. The van der Waals surface area contributed by atoms with Crippen LogP contribution in [0.1, 0.15) is 12.5 Å². The summed E-state index contributed by atoms with van der Waals surface area (Å²) in [5.41, 5.74) is 6.46. The summed E-state index contributed by atoms with van der Waals surface area (Å²) in [7, 11) is 0. The van der Waals surface area contributed by atoms with E-state index < -0.39 is 0 Å². The third-order valence-electron chi connectivity index (χ3n) is 4.78. The second-order valence-corrected chi connectivity index (χ2v) is 7.07. The molecule has 1 aromatic carbocycles. The maximum absolute atomic E-state index is 6.38. The molecule has 1 fully saturated rings. The average Bonchev–Trinajstić information content (AvgIpc) is 2.67. The molecule has 0 atom stereocenters. The first-order valence-electron chi connectivity index (χ1n) is 8.95. The van der Waals surface area contributed by atoms with Crippen molar-refractivity contribution in [3.63, 3.8) is 0 Å². The number of piperazine rings is 1. The van der Waals surface area contributed by atoms with E-state index in [4.69, 9.17) is 11.6 Å². The third kappa shape index (κ3) is 3.48. The maximum atomic E-state index is 6.38. The molecule has 26 heavy (non-hydrogen) atoms. The van der Waals surface area contributed by atoms with Crippen molar-refractivity contribution >= 4 is 22.6 Å². The summed E-state index contributed by atoms with van der Waals surface area (Å²) in [5, 5.41) is 11.0. The number of hydrogen-bond donors (Lipinski definition) is 3. The lowest BCUT2D eigenvalue weighted by atomic mass is 10.1. The Bertz CT molecular complexity index is 869. The van der Waals surface area contributed by atoms with E-state index in [1.807, 2.05) is 12.1 Å². The highest BCUT2D eigenvalue weighted by molar-refractivity contribution is 6.34. The van der Waals surface area contributed by atoms with Gasteiger partial charge in [-0.15, -0.1) is 0 Å². The summed E-state index contributed by atoms with van der Waals surface area (Å²) in [5.74, 6) is 0. The van der Waals surface area contributed by atoms with Gasteiger partial charge in [0.05, 0.1) is 21.9 Å². The zero-order chi connectivity index (χ0) is 17.9. The van der Waals surface area contributed by atoms with Gasteiger partial charge in [-0.25, -0.2) is 0 Å². The number of nitrogens with zero attached hydrogens (tertiary/aromatic N) is 3. The zero-order valence-electron chi connectivity index (χ0n) is 14.8. The van der Waals surface area contributed by atoms with Gasteiger partial charge < -0.3 is 20.9 Å². The first kappa shape index (κ1) is 17.1. The molecule has 3 N–H and O–H groups in total. The van der Waals surface area contributed by atoms with Crippen LogP contribution >= 0.6 is 11.6 Å². The Morgan fingerprint density at radius 1 is 1.19 bits per heavy atom. The van der Waals surface area contributed by atoms with Crippen molar-refractivity contribution in [2.45, 2.75) is 13.5 Å². The van der Waals surface area contributed by atoms with Crippen LogP contribution in [0.15, 0.2) is 47.7 Å². The van der Waals surface area contributed by atoms with Crippen molar-refractivity contribution in [2.24, 2.45) is 0 Å². The molecular weight excluding hydrogens is 348 g/mol. The predicted octanol–water partition coefficient (Wildman–Crippen LogP) is 2.00. The summed E-state index contributed by atoms with van der Waals surface area (Å²) in [4.78, 5) is 11.1. The summed E-state index contributed by atoms with van der Waals surface area (Å²) < 4.78 is 0. The summed E-state index contributed by atoms with van der Waals surface area (Å²) in [6, 6.07) is 4.00. The molecule has 0 unspecified atom stereocenters. The Kier molecular flexibility index (Phi) is 4.95. The second-order valence-electron chi connectivity index (χ2n) is 6.66. The Balaban J connectivity index is 1.54. The Morgan fingerprint density at radius 3 is 2.85 bits per heavy atom. The molecule has 0 radical (unpaired) electrons. The zero-order valence-corrected chi connectivity index (χ0v) is 15.6. The van der Waals surface area contributed by atoms with E-state index in [1.54, 1.807) is 12.4 Å². The van der Waals surface area contributed by atoms with Crippen molar-refractivity contribution in [1.29, 1.82) is 0 Å². The smallest absolute Gasteiger partial charge is 0.107 e. The minimum atomic E-state index is 0.636. The highest BCUT2D eigenvalue weighted by atomic mass is 35.5. The van der Waals surface area contributed by atoms with Crippen LogP contribution in [0.4, 0.5) is 0 Å². The lowest BCUT2D eigenvalue weighted by molar-refractivity contribution is 0.296. The first-order valence-corrected chi connectivity index (χ1v) is 9.32. The molecule has 2 aliphatic heterocycles. The summed E-state index contributed by atoms with van der Waals surface area (Å²) in [6.07, 6.45) is 5.43. The molecule has 1 aromatic heterocycles. The summed E-state index contributed by atoms with van der Waals surface area (Å²) >= 11 is 6.38. The quantitative estimate of drug-likeness (QED) is 0.765. The second kappa shape index (κ2) is 7.51. The van der Waals surface area contributed by atoms with Crippen molar-refractivity contribution in [2.75, 3.05) is 32.7 Å². The van der Waals surface area contributed by atoms with Crippen LogP contribution in [-0.2, 0) is 6.54 Å². The van der Waals surface area contributed by atoms with E-state index in [9.17, 15) is 0 Å². The van der Waals surface area contributed by atoms with E-state index in [2.05, 4.69) is 43.9 Å². The minimum absolute atomic E-state index is 0.636. The third-order valence-corrected chi connectivity index (χ3v) is 5.06. The number of nitrogens with one attached hydrogen (secondary N) is 3. The van der Waals surface area contributed by atoms with Gasteiger partial charge in [-0.1, -0.05) is 11.6 Å². The molecule has 6 nitrogen and oxygen atoms in total. The van der Waals surface area contributed by atoms with Gasteiger partial charge in [0.15, 0.2) is 0 Å². The monoisotopic (exact) mass is 370 g/mol. The van der Waals surface area contributed by atoms with Gasteiger partial charge >= 0.3 is 0 Å². The number of aromatic nitrogens is 2. The lowest BCUT2D eigenvalue weighted by Crippen LogP contribution is -2.45. The normalized spacial score (nSPS) is 17.9. The van der Waals surface area contributed by atoms with E-state index in [0.29, 0.717) is 11.6 Å². The Morgan fingerprint density at radius 2 is 2.00 bits per heavy atom. The van der Waals surface area contributed by atoms with Crippen LogP contribution in [0.3, 0.4) is 0 Å². The van der Waals surface area contributed by atoms with Crippen LogP contribution in [0.2, 0.25) is 5.02 Å². The summed E-state index contributed by atoms with van der Waals surface area (Å²) in [6.45, 7) is 7.88. The van der Waals surface area contributed by atoms with Crippen LogP contribution in [0, 0.1) is 0 Å². The van der Waals surface area contributed by atoms with Gasteiger partial charge in [0.25, 0.3) is 0 Å². The number of halogens is 1. The van der Waals surface area contributed by atoms with Gasteiger partial charge in [-0.3, -0.25) is 9.97 Å². The standard InChI is InChI=1S/C19H23ClN6/c1-13-10-22-12-17(19(13)26-6-4-21-5-7-26)25-11-14-8-15(20)18-16(9-14)23-2-3-24-18/h2-3,8-9,12,21-22,25H,4-7,10-11H2,1H3. The van der Waals surface area contributed by atoms with Crippen molar-refractivity contribution in [1.82, 2.24) is 30.8 Å². The highest BCUT2D eigenvalue weighted by Gasteiger charge is 2.21. The maximum Gasteiger partial charge on any atom is 0.107 e. The van der Waals surface area contributed by atoms with Crippen LogP contribution < -0.4 is 16.0 Å². The number of rotatable bonds is 4. The minimum Gasteiger partial charge on any atom is -0.385 e. The van der Waals surface area contributed by atoms with Crippen molar-refractivity contribution < 1.29 is 0 Å². The lowest BCUT2D eigenvalue weighted by Gasteiger charge is -2.36. The van der Waals surface area contributed by atoms with Gasteiger partial charge in [-0.05, 0) is 30.2 Å². The predicted molar refractivity (Wildman–Crippen MR) is 105 cm³/mol. The molecule has 1 saturated heterocycles. The highest BCUT2D eigenvalue weighted by Crippen LogP contribution is 2.24. The molecule has 4 rings (SSSR count). The molecular formula is C19H23ClN6. The molecule has 2 aromatic rings. The molecule has 136 valence electrons. The van der Waals surface area contributed by atoms with Gasteiger partial charge in [0.1, 0.15) is 5.52 Å². The van der Waals surface area contributed by atoms with Crippen LogP contribution in [0.25, 0.3) is 11.0 Å². The molecule has 0 amide bonds. The van der Waals surface area contributed by atoms with E-state index in [-0.39, 0.29) is 0 Å². The van der Waals surface area contributed by atoms with Crippen molar-refractivity contribution in [3.05, 3.63) is 58.3 Å².